The van der Waals surface area contributed by atoms with Crippen LogP contribution in [0.4, 0.5) is 11.5 Å². The fourth-order valence-electron chi connectivity index (χ4n) is 1.48. The van der Waals surface area contributed by atoms with Crippen LogP contribution in [0.25, 0.3) is 0 Å². The van der Waals surface area contributed by atoms with Crippen LogP contribution in [-0.4, -0.2) is 22.0 Å². The first kappa shape index (κ1) is 13.5. The van der Waals surface area contributed by atoms with E-state index in [9.17, 15) is 10.1 Å². The van der Waals surface area contributed by atoms with Crippen molar-refractivity contribution in [1.29, 1.82) is 0 Å². The largest absolute Gasteiger partial charge is 0.497 e. The van der Waals surface area contributed by atoms with Gasteiger partial charge < -0.3 is 14.9 Å². The zero-order valence-electron chi connectivity index (χ0n) is 10.4. The SMILES string of the molecule is COc1cccc(Oc2ncnc(NN)c2[N+](=O)[O-])c1. The Morgan fingerprint density at radius 2 is 2.10 bits per heavy atom. The second kappa shape index (κ2) is 5.80. The summed E-state index contributed by atoms with van der Waals surface area (Å²) in [5.41, 5.74) is 1.68. The number of nitro groups is 1. The van der Waals surface area contributed by atoms with Gasteiger partial charge in [0.05, 0.1) is 12.0 Å². The summed E-state index contributed by atoms with van der Waals surface area (Å²) < 4.78 is 10.4. The molecule has 0 aliphatic rings. The van der Waals surface area contributed by atoms with Gasteiger partial charge in [0, 0.05) is 6.07 Å². The van der Waals surface area contributed by atoms with Crippen molar-refractivity contribution in [3.8, 4) is 17.4 Å². The smallest absolute Gasteiger partial charge is 0.374 e. The van der Waals surface area contributed by atoms with Gasteiger partial charge in [-0.05, 0) is 12.1 Å². The van der Waals surface area contributed by atoms with Crippen LogP contribution < -0.4 is 20.7 Å². The Morgan fingerprint density at radius 1 is 1.35 bits per heavy atom. The number of rotatable bonds is 5. The normalized spacial score (nSPS) is 9.90. The third-order valence-corrected chi connectivity index (χ3v) is 2.36. The average Bonchev–Trinajstić information content (AvgIpc) is 2.46. The second-order valence-corrected chi connectivity index (χ2v) is 3.56. The number of nitrogen functional groups attached to an aromatic ring is 1. The molecule has 0 aliphatic carbocycles. The zero-order valence-corrected chi connectivity index (χ0v) is 10.4. The van der Waals surface area contributed by atoms with Crippen LogP contribution in [0.1, 0.15) is 0 Å². The first-order valence-corrected chi connectivity index (χ1v) is 5.43. The highest BCUT2D eigenvalue weighted by molar-refractivity contribution is 5.61. The van der Waals surface area contributed by atoms with Crippen LogP contribution in [0, 0.1) is 10.1 Å². The van der Waals surface area contributed by atoms with Gasteiger partial charge >= 0.3 is 11.6 Å². The van der Waals surface area contributed by atoms with Gasteiger partial charge in [-0.1, -0.05) is 6.07 Å². The quantitative estimate of drug-likeness (QED) is 0.478. The molecule has 3 N–H and O–H groups in total. The van der Waals surface area contributed by atoms with Crippen molar-refractivity contribution in [2.24, 2.45) is 5.84 Å². The predicted molar refractivity (Wildman–Crippen MR) is 69.6 cm³/mol. The van der Waals surface area contributed by atoms with Crippen LogP contribution in [0.2, 0.25) is 0 Å². The molecule has 0 bridgehead atoms. The molecule has 2 aromatic rings. The molecule has 0 amide bonds. The fraction of sp³-hybridized carbons (Fsp3) is 0.0909. The lowest BCUT2D eigenvalue weighted by Gasteiger charge is -2.08. The monoisotopic (exact) mass is 277 g/mol. The summed E-state index contributed by atoms with van der Waals surface area (Å²) in [7, 11) is 1.50. The van der Waals surface area contributed by atoms with E-state index in [-0.39, 0.29) is 11.7 Å². The Hall–Kier alpha value is -2.94. The van der Waals surface area contributed by atoms with Gasteiger partial charge in [0.2, 0.25) is 5.82 Å². The highest BCUT2D eigenvalue weighted by Gasteiger charge is 2.24. The van der Waals surface area contributed by atoms with Gasteiger partial charge in [-0.15, -0.1) is 0 Å². The van der Waals surface area contributed by atoms with Crippen molar-refractivity contribution in [3.05, 3.63) is 40.7 Å². The Bertz CT molecular complexity index is 634. The third kappa shape index (κ3) is 2.72. The molecule has 0 saturated carbocycles. The van der Waals surface area contributed by atoms with Crippen molar-refractivity contribution < 1.29 is 14.4 Å². The Balaban J connectivity index is 2.40. The van der Waals surface area contributed by atoms with E-state index in [4.69, 9.17) is 15.3 Å². The van der Waals surface area contributed by atoms with Crippen molar-refractivity contribution in [1.82, 2.24) is 9.97 Å². The van der Waals surface area contributed by atoms with Crippen molar-refractivity contribution >= 4 is 11.5 Å². The Labute approximate surface area is 113 Å². The molecular weight excluding hydrogens is 266 g/mol. The first-order chi connectivity index (χ1) is 9.65. The summed E-state index contributed by atoms with van der Waals surface area (Å²) in [6, 6.07) is 6.59. The van der Waals surface area contributed by atoms with E-state index >= 15 is 0 Å². The van der Waals surface area contributed by atoms with E-state index in [1.165, 1.54) is 7.11 Å². The van der Waals surface area contributed by atoms with Gasteiger partial charge in [0.25, 0.3) is 0 Å². The summed E-state index contributed by atoms with van der Waals surface area (Å²) in [4.78, 5) is 17.8. The molecular formula is C11H11N5O4. The van der Waals surface area contributed by atoms with Crippen LogP contribution >= 0.6 is 0 Å². The molecule has 9 nitrogen and oxygen atoms in total. The van der Waals surface area contributed by atoms with Gasteiger partial charge in [-0.25, -0.2) is 10.8 Å². The summed E-state index contributed by atoms with van der Waals surface area (Å²) in [6.45, 7) is 0. The van der Waals surface area contributed by atoms with E-state index in [1.54, 1.807) is 24.3 Å². The number of nitrogens with zero attached hydrogens (tertiary/aromatic N) is 3. The first-order valence-electron chi connectivity index (χ1n) is 5.43. The number of ether oxygens (including phenoxy) is 2. The molecule has 0 aliphatic heterocycles. The number of aromatic nitrogens is 2. The lowest BCUT2D eigenvalue weighted by Crippen LogP contribution is -2.12. The minimum absolute atomic E-state index is 0.136. The molecule has 1 aromatic heterocycles. The topological polar surface area (TPSA) is 125 Å². The molecule has 0 atom stereocenters. The molecule has 0 radical (unpaired) electrons. The van der Waals surface area contributed by atoms with Crippen LogP contribution in [0.15, 0.2) is 30.6 Å². The Morgan fingerprint density at radius 3 is 2.75 bits per heavy atom. The number of benzene rings is 1. The molecule has 1 heterocycles. The summed E-state index contributed by atoms with van der Waals surface area (Å²) in [5, 5.41) is 11.0. The van der Waals surface area contributed by atoms with Crippen LogP contribution in [-0.2, 0) is 0 Å². The molecule has 0 unspecified atom stereocenters. The number of nitrogens with two attached hydrogens (primary N) is 1. The summed E-state index contributed by atoms with van der Waals surface area (Å²) >= 11 is 0. The van der Waals surface area contributed by atoms with Crippen molar-refractivity contribution in [3.63, 3.8) is 0 Å². The standard InChI is InChI=1S/C11H11N5O4/c1-19-7-3-2-4-8(5-7)20-11-9(16(17)18)10(15-12)13-6-14-11/h2-6H,12H2,1H3,(H,13,14,15). The second-order valence-electron chi connectivity index (χ2n) is 3.56. The zero-order chi connectivity index (χ0) is 14.5. The van der Waals surface area contributed by atoms with Gasteiger partial charge in [0.15, 0.2) is 0 Å². The molecule has 0 saturated heterocycles. The van der Waals surface area contributed by atoms with E-state index < -0.39 is 10.6 Å². The van der Waals surface area contributed by atoms with Gasteiger partial charge in [-0.3, -0.25) is 10.1 Å². The minimum Gasteiger partial charge on any atom is -0.497 e. The summed E-state index contributed by atoms with van der Waals surface area (Å²) in [5.74, 6) is 5.72. The molecule has 9 heteroatoms. The molecule has 0 spiro atoms. The predicted octanol–water partition coefficient (Wildman–Crippen LogP) is 1.47. The van der Waals surface area contributed by atoms with E-state index in [1.807, 2.05) is 0 Å². The number of nitrogens with one attached hydrogen (secondary N) is 1. The number of hydrogen-bond acceptors (Lipinski definition) is 8. The maximum atomic E-state index is 11.0. The highest BCUT2D eigenvalue weighted by atomic mass is 16.6. The maximum absolute atomic E-state index is 11.0. The fourth-order valence-corrected chi connectivity index (χ4v) is 1.48. The van der Waals surface area contributed by atoms with Crippen molar-refractivity contribution in [2.45, 2.75) is 0 Å². The number of anilines is 1. The number of hydrogen-bond donors (Lipinski definition) is 2. The molecule has 1 aromatic carbocycles. The maximum Gasteiger partial charge on any atom is 0.374 e. The summed E-state index contributed by atoms with van der Waals surface area (Å²) in [6.07, 6.45) is 1.11. The average molecular weight is 277 g/mol. The lowest BCUT2D eigenvalue weighted by atomic mass is 10.3. The highest BCUT2D eigenvalue weighted by Crippen LogP contribution is 2.34. The van der Waals surface area contributed by atoms with Crippen LogP contribution in [0.5, 0.6) is 17.4 Å². The minimum atomic E-state index is -0.676. The molecule has 0 fully saturated rings. The molecule has 20 heavy (non-hydrogen) atoms. The van der Waals surface area contributed by atoms with E-state index in [0.717, 1.165) is 6.33 Å². The third-order valence-electron chi connectivity index (χ3n) is 2.36. The number of hydrazine groups is 1. The van der Waals surface area contributed by atoms with Gasteiger partial charge in [-0.2, -0.15) is 4.98 Å². The van der Waals surface area contributed by atoms with Crippen molar-refractivity contribution in [2.75, 3.05) is 12.5 Å². The van der Waals surface area contributed by atoms with Gasteiger partial charge in [0.1, 0.15) is 17.8 Å². The van der Waals surface area contributed by atoms with Crippen LogP contribution in [0.3, 0.4) is 0 Å². The molecule has 2 rings (SSSR count). The van der Waals surface area contributed by atoms with E-state index in [0.29, 0.717) is 11.5 Å². The molecule has 104 valence electrons. The lowest BCUT2D eigenvalue weighted by molar-refractivity contribution is -0.385. The number of methoxy groups -OCH3 is 1. The van der Waals surface area contributed by atoms with E-state index in [2.05, 4.69) is 15.4 Å². The Kier molecular flexibility index (Phi) is 3.91.